The summed E-state index contributed by atoms with van der Waals surface area (Å²) in [5.74, 6) is -0.922. The lowest BCUT2D eigenvalue weighted by Crippen LogP contribution is -2.31. The van der Waals surface area contributed by atoms with Crippen LogP contribution >= 0.6 is 0 Å². The third-order valence-electron chi connectivity index (χ3n) is 6.26. The average Bonchev–Trinajstić information content (AvgIpc) is 3.33. The number of likely N-dealkylation sites (tertiary alicyclic amines) is 1. The molecule has 1 saturated heterocycles. The van der Waals surface area contributed by atoms with Gasteiger partial charge in [-0.15, -0.1) is 0 Å². The fourth-order valence-electron chi connectivity index (χ4n) is 4.48. The second-order valence-electron chi connectivity index (χ2n) is 8.69. The highest BCUT2D eigenvalue weighted by Gasteiger charge is 2.46. The molecule has 0 saturated carbocycles. The maximum absolute atomic E-state index is 13.2. The number of benzene rings is 1. The number of amides is 1. The van der Waals surface area contributed by atoms with Gasteiger partial charge in [-0.2, -0.15) is 0 Å². The van der Waals surface area contributed by atoms with E-state index in [2.05, 4.69) is 4.98 Å². The first-order chi connectivity index (χ1) is 16.9. The molecule has 4 rings (SSSR count). The lowest BCUT2D eigenvalue weighted by molar-refractivity contribution is -0.140. The van der Waals surface area contributed by atoms with Crippen LogP contribution in [0.1, 0.15) is 48.3 Å². The molecule has 1 aliphatic heterocycles. The number of carbonyl (C=O) groups is 2. The zero-order chi connectivity index (χ0) is 25.1. The van der Waals surface area contributed by atoms with Crippen LogP contribution in [-0.4, -0.2) is 57.9 Å². The van der Waals surface area contributed by atoms with E-state index in [1.54, 1.807) is 7.11 Å². The molecule has 2 aromatic heterocycles. The number of Topliss-reactive ketones (excluding diaryl/α,β-unsaturated/α-hetero) is 1. The zero-order valence-corrected chi connectivity index (χ0v) is 20.6. The van der Waals surface area contributed by atoms with Gasteiger partial charge in [0, 0.05) is 26.5 Å². The Hall–Kier alpha value is -3.65. The van der Waals surface area contributed by atoms with Gasteiger partial charge in [0.2, 0.25) is 0 Å². The minimum absolute atomic E-state index is 0.0406. The van der Waals surface area contributed by atoms with Crippen molar-refractivity contribution in [3.8, 4) is 5.75 Å². The molecule has 3 aromatic rings. The fourth-order valence-corrected chi connectivity index (χ4v) is 4.48. The van der Waals surface area contributed by atoms with Gasteiger partial charge in [0.25, 0.3) is 11.7 Å². The lowest BCUT2D eigenvalue weighted by Gasteiger charge is -2.25. The summed E-state index contributed by atoms with van der Waals surface area (Å²) < 4.78 is 12.7. The van der Waals surface area contributed by atoms with Crippen molar-refractivity contribution in [2.24, 2.45) is 0 Å². The van der Waals surface area contributed by atoms with Crippen LogP contribution in [0.4, 0.5) is 0 Å². The van der Waals surface area contributed by atoms with E-state index in [1.165, 1.54) is 4.90 Å². The maximum Gasteiger partial charge on any atom is 0.295 e. The second kappa shape index (κ2) is 10.3. The van der Waals surface area contributed by atoms with Crippen molar-refractivity contribution in [2.75, 3.05) is 26.9 Å². The summed E-state index contributed by atoms with van der Waals surface area (Å²) in [6.45, 7) is 7.16. The normalized spacial score (nSPS) is 17.5. The standard InChI is InChI=1S/C27H31N3O5/c1-5-15-35-20-11-9-19(10-12-20)23-21(25(32)27(33)30(23)14-7-16-34-4)24(31)22-18(3)29-13-6-8-17(2)26(29)28-22/h6,8-13,23,31H,5,7,14-16H2,1-4H3/b24-21+. The number of hydrogen-bond acceptors (Lipinski definition) is 6. The van der Waals surface area contributed by atoms with Crippen molar-refractivity contribution in [3.05, 3.63) is 70.7 Å². The van der Waals surface area contributed by atoms with E-state index in [4.69, 9.17) is 9.47 Å². The van der Waals surface area contributed by atoms with Gasteiger partial charge < -0.3 is 23.9 Å². The number of ether oxygens (including phenoxy) is 2. The van der Waals surface area contributed by atoms with E-state index < -0.39 is 17.7 Å². The zero-order valence-electron chi connectivity index (χ0n) is 20.6. The van der Waals surface area contributed by atoms with Gasteiger partial charge in [0.15, 0.2) is 5.76 Å². The molecule has 1 amide bonds. The molecule has 1 fully saturated rings. The number of methoxy groups -OCH3 is 1. The SMILES string of the molecule is CCCOc1ccc(C2/C(=C(\O)c3nc4c(C)cccn4c3C)C(=O)C(=O)N2CCCOC)cc1. The number of hydrogen-bond donors (Lipinski definition) is 1. The molecule has 8 nitrogen and oxygen atoms in total. The summed E-state index contributed by atoms with van der Waals surface area (Å²) >= 11 is 0. The molecule has 1 aromatic carbocycles. The number of aromatic nitrogens is 2. The molecule has 0 aliphatic carbocycles. The summed E-state index contributed by atoms with van der Waals surface area (Å²) in [5, 5.41) is 11.4. The van der Waals surface area contributed by atoms with Crippen LogP contribution in [-0.2, 0) is 14.3 Å². The Balaban J connectivity index is 1.83. The maximum atomic E-state index is 13.2. The first kappa shape index (κ1) is 24.5. The quantitative estimate of drug-likeness (QED) is 0.215. The predicted molar refractivity (Wildman–Crippen MR) is 132 cm³/mol. The largest absolute Gasteiger partial charge is 0.505 e. The first-order valence-electron chi connectivity index (χ1n) is 11.8. The van der Waals surface area contributed by atoms with E-state index in [1.807, 2.05) is 67.8 Å². The Morgan fingerprint density at radius 3 is 2.51 bits per heavy atom. The molecule has 1 unspecified atom stereocenters. The molecule has 1 atom stereocenters. The van der Waals surface area contributed by atoms with Gasteiger partial charge in [0.05, 0.1) is 23.9 Å². The number of aryl methyl sites for hydroxylation is 2. The number of fused-ring (bicyclic) bond motifs is 1. The third kappa shape index (κ3) is 4.53. The molecular formula is C27H31N3O5. The van der Waals surface area contributed by atoms with Crippen molar-refractivity contribution in [1.82, 2.24) is 14.3 Å². The Morgan fingerprint density at radius 2 is 1.86 bits per heavy atom. The highest BCUT2D eigenvalue weighted by atomic mass is 16.5. The Labute approximate surface area is 204 Å². The van der Waals surface area contributed by atoms with Crippen LogP contribution in [0.3, 0.4) is 0 Å². The molecular weight excluding hydrogens is 446 g/mol. The Bertz CT molecular complexity index is 1280. The molecule has 0 bridgehead atoms. The topological polar surface area (TPSA) is 93.4 Å². The van der Waals surface area contributed by atoms with Gasteiger partial charge >= 0.3 is 0 Å². The van der Waals surface area contributed by atoms with E-state index >= 15 is 0 Å². The van der Waals surface area contributed by atoms with Gasteiger partial charge in [-0.25, -0.2) is 4.98 Å². The number of rotatable bonds is 9. The smallest absolute Gasteiger partial charge is 0.295 e. The van der Waals surface area contributed by atoms with Crippen molar-refractivity contribution < 1.29 is 24.2 Å². The van der Waals surface area contributed by atoms with Crippen molar-refractivity contribution in [3.63, 3.8) is 0 Å². The average molecular weight is 478 g/mol. The molecule has 0 radical (unpaired) electrons. The molecule has 3 heterocycles. The van der Waals surface area contributed by atoms with Crippen molar-refractivity contribution in [2.45, 2.75) is 39.7 Å². The highest BCUT2D eigenvalue weighted by molar-refractivity contribution is 6.46. The number of ketones is 1. The van der Waals surface area contributed by atoms with Crippen LogP contribution < -0.4 is 4.74 Å². The molecule has 1 N–H and O–H groups in total. The number of nitrogens with zero attached hydrogens (tertiary/aromatic N) is 3. The number of pyridine rings is 1. The van der Waals surface area contributed by atoms with Gasteiger partial charge in [0.1, 0.15) is 17.1 Å². The van der Waals surface area contributed by atoms with Gasteiger partial charge in [-0.3, -0.25) is 9.59 Å². The van der Waals surface area contributed by atoms with Crippen LogP contribution in [0.5, 0.6) is 5.75 Å². The lowest BCUT2D eigenvalue weighted by atomic mass is 9.96. The summed E-state index contributed by atoms with van der Waals surface area (Å²) in [6.07, 6.45) is 3.31. The van der Waals surface area contributed by atoms with Crippen LogP contribution in [0, 0.1) is 13.8 Å². The monoisotopic (exact) mass is 477 g/mol. The minimum Gasteiger partial charge on any atom is -0.505 e. The van der Waals surface area contributed by atoms with Gasteiger partial charge in [-0.05, 0) is 56.0 Å². The highest BCUT2D eigenvalue weighted by Crippen LogP contribution is 2.40. The number of imidazole rings is 1. The van der Waals surface area contributed by atoms with Crippen molar-refractivity contribution >= 4 is 23.1 Å². The summed E-state index contributed by atoms with van der Waals surface area (Å²) in [6, 6.07) is 10.4. The van der Waals surface area contributed by atoms with Crippen LogP contribution in [0.15, 0.2) is 48.2 Å². The Kier molecular flexibility index (Phi) is 7.21. The number of aliphatic hydroxyl groups is 1. The van der Waals surface area contributed by atoms with Gasteiger partial charge in [-0.1, -0.05) is 25.1 Å². The fraction of sp³-hybridized carbons (Fsp3) is 0.370. The van der Waals surface area contributed by atoms with E-state index in [9.17, 15) is 14.7 Å². The third-order valence-corrected chi connectivity index (χ3v) is 6.26. The Morgan fingerprint density at radius 1 is 1.11 bits per heavy atom. The summed E-state index contributed by atoms with van der Waals surface area (Å²) in [5.41, 5.74) is 3.36. The van der Waals surface area contributed by atoms with Crippen molar-refractivity contribution in [1.29, 1.82) is 0 Å². The molecule has 1 aliphatic rings. The minimum atomic E-state index is -0.739. The van der Waals surface area contributed by atoms with E-state index in [0.29, 0.717) is 54.5 Å². The van der Waals surface area contributed by atoms with E-state index in [-0.39, 0.29) is 11.3 Å². The summed E-state index contributed by atoms with van der Waals surface area (Å²) in [7, 11) is 1.59. The molecule has 35 heavy (non-hydrogen) atoms. The first-order valence-corrected chi connectivity index (χ1v) is 11.8. The molecule has 0 spiro atoms. The number of aliphatic hydroxyl groups excluding tert-OH is 1. The van der Waals surface area contributed by atoms with Crippen LogP contribution in [0.2, 0.25) is 0 Å². The summed E-state index contributed by atoms with van der Waals surface area (Å²) in [4.78, 5) is 32.5. The molecule has 8 heteroatoms. The molecule has 184 valence electrons. The number of carbonyl (C=O) groups excluding carboxylic acids is 2. The predicted octanol–water partition coefficient (Wildman–Crippen LogP) is 4.20. The second-order valence-corrected chi connectivity index (χ2v) is 8.69. The van der Waals surface area contributed by atoms with E-state index in [0.717, 1.165) is 12.0 Å². The van der Waals surface area contributed by atoms with Crippen LogP contribution in [0.25, 0.3) is 11.4 Å².